The fourth-order valence-electron chi connectivity index (χ4n) is 1.82. The summed E-state index contributed by atoms with van der Waals surface area (Å²) < 4.78 is 0. The second-order valence-corrected chi connectivity index (χ2v) is 4.26. The largest absolute Gasteiger partial charge is 0.366 e. The quantitative estimate of drug-likeness (QED) is 0.838. The Bertz CT molecular complexity index is 556. The fraction of sp³-hybridized carbons (Fsp3) is 0.133. The highest BCUT2D eigenvalue weighted by Gasteiger charge is 2.06. The molecule has 0 saturated heterocycles. The lowest BCUT2D eigenvalue weighted by atomic mass is 9.97. The molecule has 0 fully saturated rings. The van der Waals surface area contributed by atoms with Crippen molar-refractivity contribution >= 4 is 5.91 Å². The van der Waals surface area contributed by atoms with Gasteiger partial charge in [0.2, 0.25) is 5.91 Å². The second-order valence-electron chi connectivity index (χ2n) is 4.26. The van der Waals surface area contributed by atoms with Crippen molar-refractivity contribution < 1.29 is 4.79 Å². The summed E-state index contributed by atoms with van der Waals surface area (Å²) in [5.74, 6) is -0.390. The number of carbonyl (C=O) groups is 1. The minimum Gasteiger partial charge on any atom is -0.366 e. The van der Waals surface area contributed by atoms with Gasteiger partial charge >= 0.3 is 0 Å². The molecular formula is C15H15NO. The molecule has 2 N–H and O–H groups in total. The maximum Gasteiger partial charge on any atom is 0.248 e. The van der Waals surface area contributed by atoms with Crippen LogP contribution >= 0.6 is 0 Å². The van der Waals surface area contributed by atoms with Crippen molar-refractivity contribution in [1.82, 2.24) is 0 Å². The minimum absolute atomic E-state index is 0.390. The molecule has 2 rings (SSSR count). The van der Waals surface area contributed by atoms with Crippen molar-refractivity contribution in [2.45, 2.75) is 13.8 Å². The molecule has 0 unspecified atom stereocenters. The number of primary amides is 1. The van der Waals surface area contributed by atoms with E-state index in [0.717, 1.165) is 16.7 Å². The number of aryl methyl sites for hydroxylation is 2. The van der Waals surface area contributed by atoms with E-state index in [-0.39, 0.29) is 0 Å². The molecule has 17 heavy (non-hydrogen) atoms. The molecule has 0 atom stereocenters. The number of hydrogen-bond donors (Lipinski definition) is 1. The summed E-state index contributed by atoms with van der Waals surface area (Å²) in [5, 5.41) is 0. The molecule has 0 bridgehead atoms. The Morgan fingerprint density at radius 3 is 2.24 bits per heavy atom. The Labute approximate surface area is 101 Å². The standard InChI is InChI=1S/C15H15NO/c1-10-3-6-12(7-4-10)14-9-13(15(16)17)8-5-11(14)2/h3-9H,1-2H3,(H2,16,17). The summed E-state index contributed by atoms with van der Waals surface area (Å²) in [6.45, 7) is 4.08. The predicted molar refractivity (Wildman–Crippen MR) is 69.9 cm³/mol. The lowest BCUT2D eigenvalue weighted by Gasteiger charge is -2.08. The van der Waals surface area contributed by atoms with Crippen LogP contribution in [0, 0.1) is 13.8 Å². The van der Waals surface area contributed by atoms with Crippen LogP contribution in [-0.4, -0.2) is 5.91 Å². The predicted octanol–water partition coefficient (Wildman–Crippen LogP) is 3.07. The Morgan fingerprint density at radius 1 is 1.00 bits per heavy atom. The van der Waals surface area contributed by atoms with Gasteiger partial charge in [-0.2, -0.15) is 0 Å². The van der Waals surface area contributed by atoms with E-state index in [2.05, 4.69) is 31.2 Å². The molecule has 2 heteroatoms. The first kappa shape index (κ1) is 11.4. The first-order chi connectivity index (χ1) is 8.08. The lowest BCUT2D eigenvalue weighted by molar-refractivity contribution is 0.100. The summed E-state index contributed by atoms with van der Waals surface area (Å²) in [6, 6.07) is 13.8. The Balaban J connectivity index is 2.54. The molecular weight excluding hydrogens is 210 g/mol. The van der Waals surface area contributed by atoms with E-state index in [1.807, 2.05) is 19.1 Å². The van der Waals surface area contributed by atoms with Crippen LogP contribution in [0.1, 0.15) is 21.5 Å². The van der Waals surface area contributed by atoms with Crippen molar-refractivity contribution in [3.8, 4) is 11.1 Å². The van der Waals surface area contributed by atoms with Gasteiger partial charge in [0.1, 0.15) is 0 Å². The van der Waals surface area contributed by atoms with Gasteiger partial charge in [-0.05, 0) is 42.7 Å². The van der Waals surface area contributed by atoms with E-state index in [1.54, 1.807) is 6.07 Å². The molecule has 2 aromatic rings. The first-order valence-electron chi connectivity index (χ1n) is 5.55. The number of rotatable bonds is 2. The summed E-state index contributed by atoms with van der Waals surface area (Å²) >= 11 is 0. The molecule has 0 aliphatic heterocycles. The molecule has 0 saturated carbocycles. The van der Waals surface area contributed by atoms with Crippen molar-refractivity contribution in [1.29, 1.82) is 0 Å². The zero-order chi connectivity index (χ0) is 12.4. The van der Waals surface area contributed by atoms with Crippen LogP contribution < -0.4 is 5.73 Å². The normalized spacial score (nSPS) is 10.2. The van der Waals surface area contributed by atoms with Crippen LogP contribution in [0.3, 0.4) is 0 Å². The van der Waals surface area contributed by atoms with Crippen LogP contribution in [0.4, 0.5) is 0 Å². The molecule has 2 aromatic carbocycles. The molecule has 86 valence electrons. The monoisotopic (exact) mass is 225 g/mol. The summed E-state index contributed by atoms with van der Waals surface area (Å²) in [6.07, 6.45) is 0. The SMILES string of the molecule is Cc1ccc(-c2cc(C(N)=O)ccc2C)cc1. The third kappa shape index (κ3) is 2.36. The number of carbonyl (C=O) groups excluding carboxylic acids is 1. The molecule has 1 amide bonds. The Kier molecular flexibility index (Phi) is 2.96. The second kappa shape index (κ2) is 4.42. The molecule has 2 nitrogen and oxygen atoms in total. The number of nitrogens with two attached hydrogens (primary N) is 1. The molecule has 0 spiro atoms. The number of amides is 1. The van der Waals surface area contributed by atoms with Crippen LogP contribution in [0.5, 0.6) is 0 Å². The molecule has 0 radical (unpaired) electrons. The van der Waals surface area contributed by atoms with E-state index in [1.165, 1.54) is 5.56 Å². The van der Waals surface area contributed by atoms with Crippen LogP contribution in [-0.2, 0) is 0 Å². The van der Waals surface area contributed by atoms with Crippen LogP contribution in [0.25, 0.3) is 11.1 Å². The summed E-state index contributed by atoms with van der Waals surface area (Å²) in [4.78, 5) is 11.2. The molecule has 0 heterocycles. The topological polar surface area (TPSA) is 43.1 Å². The van der Waals surface area contributed by atoms with Gasteiger partial charge in [-0.25, -0.2) is 0 Å². The number of hydrogen-bond acceptors (Lipinski definition) is 1. The van der Waals surface area contributed by atoms with Gasteiger partial charge in [-0.1, -0.05) is 35.9 Å². The Morgan fingerprint density at radius 2 is 1.65 bits per heavy atom. The van der Waals surface area contributed by atoms with Gasteiger partial charge in [0.25, 0.3) is 0 Å². The van der Waals surface area contributed by atoms with Crippen LogP contribution in [0.2, 0.25) is 0 Å². The van der Waals surface area contributed by atoms with Crippen molar-refractivity contribution in [2.24, 2.45) is 5.73 Å². The van der Waals surface area contributed by atoms with E-state index < -0.39 is 5.91 Å². The fourth-order valence-corrected chi connectivity index (χ4v) is 1.82. The van der Waals surface area contributed by atoms with Crippen molar-refractivity contribution in [3.05, 3.63) is 59.2 Å². The van der Waals surface area contributed by atoms with E-state index in [9.17, 15) is 4.79 Å². The third-order valence-electron chi connectivity index (χ3n) is 2.88. The molecule has 0 aliphatic carbocycles. The molecule has 0 aromatic heterocycles. The molecule has 0 aliphatic rings. The van der Waals surface area contributed by atoms with Crippen molar-refractivity contribution in [2.75, 3.05) is 0 Å². The Hall–Kier alpha value is -2.09. The van der Waals surface area contributed by atoms with E-state index in [4.69, 9.17) is 5.73 Å². The average Bonchev–Trinajstić information content (AvgIpc) is 2.31. The van der Waals surface area contributed by atoms with E-state index in [0.29, 0.717) is 5.56 Å². The van der Waals surface area contributed by atoms with Gasteiger partial charge in [0.15, 0.2) is 0 Å². The highest BCUT2D eigenvalue weighted by Crippen LogP contribution is 2.24. The van der Waals surface area contributed by atoms with Gasteiger partial charge in [-0.15, -0.1) is 0 Å². The lowest BCUT2D eigenvalue weighted by Crippen LogP contribution is -2.10. The maximum absolute atomic E-state index is 11.2. The zero-order valence-corrected chi connectivity index (χ0v) is 10.0. The van der Waals surface area contributed by atoms with Gasteiger partial charge in [0.05, 0.1) is 0 Å². The smallest absolute Gasteiger partial charge is 0.248 e. The zero-order valence-electron chi connectivity index (χ0n) is 10.0. The van der Waals surface area contributed by atoms with E-state index >= 15 is 0 Å². The van der Waals surface area contributed by atoms with Gasteiger partial charge in [-0.3, -0.25) is 4.79 Å². The highest BCUT2D eigenvalue weighted by atomic mass is 16.1. The maximum atomic E-state index is 11.2. The van der Waals surface area contributed by atoms with Crippen LogP contribution in [0.15, 0.2) is 42.5 Å². The van der Waals surface area contributed by atoms with Gasteiger partial charge < -0.3 is 5.73 Å². The first-order valence-corrected chi connectivity index (χ1v) is 5.55. The van der Waals surface area contributed by atoms with Crippen molar-refractivity contribution in [3.63, 3.8) is 0 Å². The number of benzene rings is 2. The third-order valence-corrected chi connectivity index (χ3v) is 2.88. The average molecular weight is 225 g/mol. The minimum atomic E-state index is -0.390. The highest BCUT2D eigenvalue weighted by molar-refractivity contribution is 5.94. The van der Waals surface area contributed by atoms with Gasteiger partial charge in [0, 0.05) is 5.56 Å². The summed E-state index contributed by atoms with van der Waals surface area (Å²) in [5.41, 5.74) is 10.4. The summed E-state index contributed by atoms with van der Waals surface area (Å²) in [7, 11) is 0.